The maximum atomic E-state index is 11.7. The Balaban J connectivity index is 1.72. The van der Waals surface area contributed by atoms with Crippen LogP contribution in [0.4, 0.5) is 0 Å². The Bertz CT molecular complexity index is 471. The fraction of sp³-hybridized carbons (Fsp3) is 0.667. The van der Waals surface area contributed by atoms with Gasteiger partial charge in [0.2, 0.25) is 11.8 Å². The number of carboxylic acids is 1. The van der Waals surface area contributed by atoms with Gasteiger partial charge < -0.3 is 14.9 Å². The van der Waals surface area contributed by atoms with Crippen LogP contribution in [0.3, 0.4) is 0 Å². The molecule has 1 heterocycles. The van der Waals surface area contributed by atoms with Gasteiger partial charge in [0, 0.05) is 18.9 Å². The summed E-state index contributed by atoms with van der Waals surface area (Å²) in [6.07, 6.45) is 2.55. The van der Waals surface area contributed by atoms with Crippen molar-refractivity contribution in [2.24, 2.45) is 5.92 Å². The average Bonchev–Trinajstić information content (AvgIpc) is 2.96. The summed E-state index contributed by atoms with van der Waals surface area (Å²) in [5, 5.41) is 15.4. The number of aromatic nitrogens is 2. The summed E-state index contributed by atoms with van der Waals surface area (Å²) in [4.78, 5) is 26.5. The van der Waals surface area contributed by atoms with Crippen LogP contribution in [0.15, 0.2) is 4.52 Å². The van der Waals surface area contributed by atoms with Crippen LogP contribution in [0.2, 0.25) is 0 Å². The molecular formula is C12H17N3O4. The fourth-order valence-electron chi connectivity index (χ4n) is 2.30. The van der Waals surface area contributed by atoms with Crippen LogP contribution in [-0.2, 0) is 16.0 Å². The first-order valence-electron chi connectivity index (χ1n) is 6.36. The van der Waals surface area contributed by atoms with E-state index >= 15 is 0 Å². The van der Waals surface area contributed by atoms with Gasteiger partial charge in [0.15, 0.2) is 5.82 Å². The van der Waals surface area contributed by atoms with Crippen molar-refractivity contribution in [3.63, 3.8) is 0 Å². The van der Waals surface area contributed by atoms with Gasteiger partial charge in [0.25, 0.3) is 0 Å². The van der Waals surface area contributed by atoms with Gasteiger partial charge in [-0.25, -0.2) is 0 Å². The van der Waals surface area contributed by atoms with E-state index in [0.717, 1.165) is 6.42 Å². The summed E-state index contributed by atoms with van der Waals surface area (Å²) >= 11 is 0. The minimum atomic E-state index is -0.780. The lowest BCUT2D eigenvalue weighted by molar-refractivity contribution is -0.141. The number of carboxylic acid groups (broad SMARTS) is 1. The highest BCUT2D eigenvalue weighted by atomic mass is 16.5. The Kier molecular flexibility index (Phi) is 4.13. The average molecular weight is 267 g/mol. The van der Waals surface area contributed by atoms with E-state index in [1.165, 1.54) is 0 Å². The zero-order valence-corrected chi connectivity index (χ0v) is 10.8. The summed E-state index contributed by atoms with van der Waals surface area (Å²) in [5.41, 5.74) is 0. The molecule has 2 rings (SSSR count). The number of rotatable bonds is 5. The molecule has 104 valence electrons. The highest BCUT2D eigenvalue weighted by molar-refractivity contribution is 5.77. The first-order valence-corrected chi connectivity index (χ1v) is 6.36. The van der Waals surface area contributed by atoms with Gasteiger partial charge in [-0.3, -0.25) is 9.59 Å². The molecular weight excluding hydrogens is 250 g/mol. The molecule has 1 saturated carbocycles. The van der Waals surface area contributed by atoms with Gasteiger partial charge >= 0.3 is 5.97 Å². The Morgan fingerprint density at radius 1 is 1.47 bits per heavy atom. The van der Waals surface area contributed by atoms with Gasteiger partial charge in [-0.15, -0.1) is 0 Å². The molecule has 1 aromatic rings. The predicted octanol–water partition coefficient (Wildman–Crippen LogP) is 0.680. The molecule has 7 heteroatoms. The molecule has 0 aromatic carbocycles. The van der Waals surface area contributed by atoms with Crippen molar-refractivity contribution < 1.29 is 19.2 Å². The lowest BCUT2D eigenvalue weighted by Gasteiger charge is -2.11. The molecule has 0 radical (unpaired) electrons. The number of amides is 1. The van der Waals surface area contributed by atoms with Crippen LogP contribution < -0.4 is 5.32 Å². The molecule has 1 fully saturated rings. The van der Waals surface area contributed by atoms with Crippen molar-refractivity contribution in [1.29, 1.82) is 0 Å². The Morgan fingerprint density at radius 2 is 2.26 bits per heavy atom. The zero-order chi connectivity index (χ0) is 13.8. The topological polar surface area (TPSA) is 105 Å². The summed E-state index contributed by atoms with van der Waals surface area (Å²) < 4.78 is 4.91. The number of carbonyl (C=O) groups excluding carboxylic acids is 1. The van der Waals surface area contributed by atoms with E-state index in [2.05, 4.69) is 15.5 Å². The molecule has 2 N–H and O–H groups in total. The van der Waals surface area contributed by atoms with Gasteiger partial charge in [-0.05, 0) is 26.2 Å². The minimum Gasteiger partial charge on any atom is -0.481 e. The molecule has 1 aliphatic rings. The highest BCUT2D eigenvalue weighted by Crippen LogP contribution is 2.25. The van der Waals surface area contributed by atoms with Crippen LogP contribution in [-0.4, -0.2) is 33.2 Å². The Morgan fingerprint density at radius 3 is 2.84 bits per heavy atom. The molecule has 1 amide bonds. The molecule has 7 nitrogen and oxygen atoms in total. The summed E-state index contributed by atoms with van der Waals surface area (Å²) in [7, 11) is 0. The van der Waals surface area contributed by atoms with Crippen LogP contribution in [0.25, 0.3) is 0 Å². The zero-order valence-electron chi connectivity index (χ0n) is 10.8. The standard InChI is InChI=1S/C12H17N3O4/c1-7-13-11(19-15-7)5-4-10(16)14-9-3-2-8(6-9)12(17)18/h8-9H,2-6H2,1H3,(H,14,16)(H,17,18)/t8-,9+/m0/s1. The molecule has 0 spiro atoms. The maximum Gasteiger partial charge on any atom is 0.306 e. The van der Waals surface area contributed by atoms with Crippen molar-refractivity contribution in [1.82, 2.24) is 15.5 Å². The van der Waals surface area contributed by atoms with Crippen LogP contribution >= 0.6 is 0 Å². The molecule has 1 aliphatic carbocycles. The normalized spacial score (nSPS) is 22.4. The first-order chi connectivity index (χ1) is 9.04. The minimum absolute atomic E-state index is 0.0296. The van der Waals surface area contributed by atoms with Crippen LogP contribution in [0, 0.1) is 12.8 Å². The van der Waals surface area contributed by atoms with E-state index in [-0.39, 0.29) is 24.3 Å². The SMILES string of the molecule is Cc1noc(CCC(=O)N[C@@H]2CC[C@H](C(=O)O)C2)n1. The number of aryl methyl sites for hydroxylation is 2. The van der Waals surface area contributed by atoms with E-state index < -0.39 is 5.97 Å². The number of nitrogens with zero attached hydrogens (tertiary/aromatic N) is 2. The Hall–Kier alpha value is -1.92. The third-order valence-electron chi connectivity index (χ3n) is 3.28. The van der Waals surface area contributed by atoms with Crippen molar-refractivity contribution in [2.75, 3.05) is 0 Å². The highest BCUT2D eigenvalue weighted by Gasteiger charge is 2.30. The van der Waals surface area contributed by atoms with Crippen molar-refractivity contribution in [3.8, 4) is 0 Å². The second kappa shape index (κ2) is 5.81. The summed E-state index contributed by atoms with van der Waals surface area (Å²) in [6, 6.07) is -0.0296. The number of aliphatic carboxylic acids is 1. The predicted molar refractivity (Wildman–Crippen MR) is 64.3 cm³/mol. The first kappa shape index (κ1) is 13.5. The number of hydrogen-bond acceptors (Lipinski definition) is 5. The maximum absolute atomic E-state index is 11.7. The van der Waals surface area contributed by atoms with Gasteiger partial charge in [-0.1, -0.05) is 5.16 Å². The van der Waals surface area contributed by atoms with E-state index in [1.807, 2.05) is 0 Å². The molecule has 0 aliphatic heterocycles. The number of carbonyl (C=O) groups is 2. The summed E-state index contributed by atoms with van der Waals surface area (Å²) in [5.74, 6) is -0.216. The van der Waals surface area contributed by atoms with Crippen LogP contribution in [0.1, 0.15) is 37.4 Å². The third-order valence-corrected chi connectivity index (χ3v) is 3.28. The van der Waals surface area contributed by atoms with E-state index in [1.54, 1.807) is 6.92 Å². The second-order valence-corrected chi connectivity index (χ2v) is 4.85. The quantitative estimate of drug-likeness (QED) is 0.812. The lowest BCUT2D eigenvalue weighted by Crippen LogP contribution is -2.33. The summed E-state index contributed by atoms with van der Waals surface area (Å²) in [6.45, 7) is 1.72. The monoisotopic (exact) mass is 267 g/mol. The molecule has 0 saturated heterocycles. The number of hydrogen-bond donors (Lipinski definition) is 2. The van der Waals surface area contributed by atoms with Crippen molar-refractivity contribution in [3.05, 3.63) is 11.7 Å². The van der Waals surface area contributed by atoms with Crippen molar-refractivity contribution in [2.45, 2.75) is 45.1 Å². The molecule has 0 unspecified atom stereocenters. The van der Waals surface area contributed by atoms with E-state index in [9.17, 15) is 9.59 Å². The van der Waals surface area contributed by atoms with Crippen molar-refractivity contribution >= 4 is 11.9 Å². The van der Waals surface area contributed by atoms with Gasteiger partial charge in [0.1, 0.15) is 0 Å². The van der Waals surface area contributed by atoms with E-state index in [0.29, 0.717) is 31.0 Å². The largest absolute Gasteiger partial charge is 0.481 e. The van der Waals surface area contributed by atoms with E-state index in [4.69, 9.17) is 9.63 Å². The lowest BCUT2D eigenvalue weighted by atomic mass is 10.1. The fourth-order valence-corrected chi connectivity index (χ4v) is 2.30. The van der Waals surface area contributed by atoms with Gasteiger partial charge in [0.05, 0.1) is 5.92 Å². The third kappa shape index (κ3) is 3.77. The smallest absolute Gasteiger partial charge is 0.306 e. The molecule has 2 atom stereocenters. The molecule has 19 heavy (non-hydrogen) atoms. The molecule has 1 aromatic heterocycles. The molecule has 0 bridgehead atoms. The second-order valence-electron chi connectivity index (χ2n) is 4.85. The van der Waals surface area contributed by atoms with Gasteiger partial charge in [-0.2, -0.15) is 4.98 Å². The Labute approximate surface area is 110 Å². The van der Waals surface area contributed by atoms with Crippen LogP contribution in [0.5, 0.6) is 0 Å². The number of nitrogens with one attached hydrogen (secondary N) is 1.